The molecule has 2 N–H and O–H groups in total. The molecule has 0 saturated heterocycles. The minimum absolute atomic E-state index is 0.0406. The number of hydrogen-bond acceptors (Lipinski definition) is 4. The van der Waals surface area contributed by atoms with Gasteiger partial charge in [0.15, 0.2) is 11.6 Å². The maximum Gasteiger partial charge on any atom is 0.357 e. The van der Waals surface area contributed by atoms with Gasteiger partial charge in [-0.05, 0) is 7.05 Å². The van der Waals surface area contributed by atoms with Gasteiger partial charge in [-0.25, -0.2) is 9.78 Å². The average Bonchev–Trinajstić information content (AvgIpc) is 2.48. The zero-order valence-corrected chi connectivity index (χ0v) is 6.70. The molecule has 0 radical (unpaired) electrons. The molecule has 1 heterocycles. The Balaban J connectivity index is 2.58. The number of rotatable bonds is 4. The number of oxazole rings is 1. The van der Waals surface area contributed by atoms with E-state index < -0.39 is 5.97 Å². The minimum Gasteiger partial charge on any atom is -0.476 e. The molecule has 0 spiro atoms. The van der Waals surface area contributed by atoms with Gasteiger partial charge >= 0.3 is 5.97 Å². The second-order valence-corrected chi connectivity index (χ2v) is 2.29. The highest BCUT2D eigenvalue weighted by Crippen LogP contribution is 2.01. The maximum atomic E-state index is 10.3. The molecule has 1 aromatic rings. The number of aromatic nitrogens is 1. The summed E-state index contributed by atoms with van der Waals surface area (Å²) in [5.74, 6) is -0.615. The van der Waals surface area contributed by atoms with Crippen molar-refractivity contribution in [3.8, 4) is 0 Å². The van der Waals surface area contributed by atoms with E-state index in [0.717, 1.165) is 12.8 Å². The Morgan fingerprint density at radius 3 is 3.08 bits per heavy atom. The smallest absolute Gasteiger partial charge is 0.357 e. The van der Waals surface area contributed by atoms with Crippen LogP contribution in [0.25, 0.3) is 0 Å². The number of hydrogen-bond donors (Lipinski definition) is 2. The van der Waals surface area contributed by atoms with Crippen LogP contribution in [0, 0.1) is 0 Å². The van der Waals surface area contributed by atoms with Crippen LogP contribution in [0.4, 0.5) is 0 Å². The van der Waals surface area contributed by atoms with E-state index in [2.05, 4.69) is 10.3 Å². The summed E-state index contributed by atoms with van der Waals surface area (Å²) in [6.45, 7) is 0.722. The minimum atomic E-state index is -1.06. The van der Waals surface area contributed by atoms with Crippen LogP contribution >= 0.6 is 0 Å². The molecule has 0 atom stereocenters. The fourth-order valence-corrected chi connectivity index (χ4v) is 0.756. The highest BCUT2D eigenvalue weighted by molar-refractivity contribution is 5.84. The Morgan fingerprint density at radius 2 is 2.58 bits per heavy atom. The zero-order valence-electron chi connectivity index (χ0n) is 6.70. The Bertz CT molecular complexity index is 269. The summed E-state index contributed by atoms with van der Waals surface area (Å²) in [6.07, 6.45) is 1.75. The SMILES string of the molecule is CNCCc1nc(C(=O)O)co1. The molecular weight excluding hydrogens is 160 g/mol. The second kappa shape index (κ2) is 3.87. The lowest BCUT2D eigenvalue weighted by atomic mass is 10.4. The number of aromatic carboxylic acids is 1. The van der Waals surface area contributed by atoms with E-state index in [0.29, 0.717) is 12.3 Å². The molecule has 1 rings (SSSR count). The third kappa shape index (κ3) is 2.06. The maximum absolute atomic E-state index is 10.3. The number of carbonyl (C=O) groups is 1. The van der Waals surface area contributed by atoms with Crippen molar-refractivity contribution in [3.05, 3.63) is 17.8 Å². The van der Waals surface area contributed by atoms with Gasteiger partial charge in [0.2, 0.25) is 0 Å². The van der Waals surface area contributed by atoms with Crippen LogP contribution in [0.5, 0.6) is 0 Å². The van der Waals surface area contributed by atoms with E-state index in [1.165, 1.54) is 0 Å². The van der Waals surface area contributed by atoms with Crippen molar-refractivity contribution in [2.45, 2.75) is 6.42 Å². The number of nitrogens with zero attached hydrogens (tertiary/aromatic N) is 1. The lowest BCUT2D eigenvalue weighted by Gasteiger charge is -1.91. The molecule has 0 unspecified atom stereocenters. The van der Waals surface area contributed by atoms with Crippen molar-refractivity contribution in [2.24, 2.45) is 0 Å². The van der Waals surface area contributed by atoms with E-state index in [4.69, 9.17) is 9.52 Å². The Hall–Kier alpha value is -1.36. The van der Waals surface area contributed by atoms with Gasteiger partial charge in [0.1, 0.15) is 6.26 Å². The molecule has 5 heteroatoms. The molecule has 0 bridgehead atoms. The fourth-order valence-electron chi connectivity index (χ4n) is 0.756. The number of carboxylic acids is 1. The van der Waals surface area contributed by atoms with Gasteiger partial charge in [-0.2, -0.15) is 0 Å². The van der Waals surface area contributed by atoms with Crippen molar-refractivity contribution in [1.29, 1.82) is 0 Å². The highest BCUT2D eigenvalue weighted by Gasteiger charge is 2.08. The molecular formula is C7H10N2O3. The first-order valence-electron chi connectivity index (χ1n) is 3.56. The molecule has 0 fully saturated rings. The number of nitrogens with one attached hydrogen (secondary N) is 1. The summed E-state index contributed by atoms with van der Waals surface area (Å²) >= 11 is 0. The summed E-state index contributed by atoms with van der Waals surface area (Å²) < 4.78 is 4.90. The third-order valence-electron chi connectivity index (χ3n) is 1.36. The summed E-state index contributed by atoms with van der Waals surface area (Å²) in [5, 5.41) is 11.4. The zero-order chi connectivity index (χ0) is 8.97. The molecule has 0 saturated carbocycles. The lowest BCUT2D eigenvalue weighted by Crippen LogP contribution is -2.10. The molecule has 66 valence electrons. The molecule has 1 aromatic heterocycles. The summed E-state index contributed by atoms with van der Waals surface area (Å²) in [5.41, 5.74) is -0.0406. The molecule has 0 aliphatic rings. The van der Waals surface area contributed by atoms with Gasteiger partial charge in [0.25, 0.3) is 0 Å². The van der Waals surface area contributed by atoms with E-state index in [1.807, 2.05) is 0 Å². The van der Waals surface area contributed by atoms with Crippen LogP contribution in [0.3, 0.4) is 0 Å². The van der Waals surface area contributed by atoms with Crippen LogP contribution in [-0.2, 0) is 6.42 Å². The monoisotopic (exact) mass is 170 g/mol. The van der Waals surface area contributed by atoms with Gasteiger partial charge in [-0.15, -0.1) is 0 Å². The largest absolute Gasteiger partial charge is 0.476 e. The first-order valence-corrected chi connectivity index (χ1v) is 3.56. The molecule has 0 aromatic carbocycles. The fraction of sp³-hybridized carbons (Fsp3) is 0.429. The highest BCUT2D eigenvalue weighted by atomic mass is 16.4. The van der Waals surface area contributed by atoms with E-state index in [1.54, 1.807) is 7.05 Å². The molecule has 5 nitrogen and oxygen atoms in total. The van der Waals surface area contributed by atoms with Crippen LogP contribution in [0.15, 0.2) is 10.7 Å². The predicted molar refractivity (Wildman–Crippen MR) is 41.1 cm³/mol. The first kappa shape index (κ1) is 8.73. The van der Waals surface area contributed by atoms with Gasteiger partial charge in [0, 0.05) is 13.0 Å². The Kier molecular flexibility index (Phi) is 2.82. The van der Waals surface area contributed by atoms with E-state index in [9.17, 15) is 4.79 Å². The van der Waals surface area contributed by atoms with Crippen molar-refractivity contribution < 1.29 is 14.3 Å². The summed E-state index contributed by atoms with van der Waals surface area (Å²) in [6, 6.07) is 0. The van der Waals surface area contributed by atoms with Gasteiger partial charge < -0.3 is 14.8 Å². The molecule has 0 aliphatic heterocycles. The standard InChI is InChI=1S/C7H10N2O3/c1-8-3-2-6-9-5(4-12-6)7(10)11/h4,8H,2-3H2,1H3,(H,10,11). The van der Waals surface area contributed by atoms with Crippen molar-refractivity contribution in [1.82, 2.24) is 10.3 Å². The number of likely N-dealkylation sites (N-methyl/N-ethyl adjacent to an activating group) is 1. The molecule has 0 aliphatic carbocycles. The Morgan fingerprint density at radius 1 is 1.83 bits per heavy atom. The van der Waals surface area contributed by atoms with Crippen molar-refractivity contribution in [2.75, 3.05) is 13.6 Å². The number of carboxylic acid groups (broad SMARTS) is 1. The Labute approximate surface area is 69.4 Å². The quantitative estimate of drug-likeness (QED) is 0.672. The second-order valence-electron chi connectivity index (χ2n) is 2.29. The van der Waals surface area contributed by atoms with Gasteiger partial charge in [-0.3, -0.25) is 0 Å². The van der Waals surface area contributed by atoms with Crippen LogP contribution < -0.4 is 5.32 Å². The van der Waals surface area contributed by atoms with Crippen molar-refractivity contribution in [3.63, 3.8) is 0 Å². The van der Waals surface area contributed by atoms with E-state index in [-0.39, 0.29) is 5.69 Å². The van der Waals surface area contributed by atoms with Crippen LogP contribution in [-0.4, -0.2) is 29.7 Å². The van der Waals surface area contributed by atoms with Crippen LogP contribution in [0.2, 0.25) is 0 Å². The predicted octanol–water partition coefficient (Wildman–Crippen LogP) is 0.135. The van der Waals surface area contributed by atoms with Gasteiger partial charge in [-0.1, -0.05) is 0 Å². The van der Waals surface area contributed by atoms with Gasteiger partial charge in [0.05, 0.1) is 0 Å². The lowest BCUT2D eigenvalue weighted by molar-refractivity contribution is 0.0690. The van der Waals surface area contributed by atoms with Crippen molar-refractivity contribution >= 4 is 5.97 Å². The third-order valence-corrected chi connectivity index (χ3v) is 1.36. The average molecular weight is 170 g/mol. The molecule has 0 amide bonds. The normalized spacial score (nSPS) is 10.1. The summed E-state index contributed by atoms with van der Waals surface area (Å²) in [4.78, 5) is 14.1. The summed E-state index contributed by atoms with van der Waals surface area (Å²) in [7, 11) is 1.81. The first-order chi connectivity index (χ1) is 5.74. The molecule has 12 heavy (non-hydrogen) atoms. The topological polar surface area (TPSA) is 75.4 Å². The van der Waals surface area contributed by atoms with E-state index >= 15 is 0 Å². The van der Waals surface area contributed by atoms with Crippen LogP contribution in [0.1, 0.15) is 16.4 Å².